The third-order valence-corrected chi connectivity index (χ3v) is 3.36. The van der Waals surface area contributed by atoms with E-state index in [1.54, 1.807) is 19.2 Å². The van der Waals surface area contributed by atoms with Crippen LogP contribution in [0.5, 0.6) is 0 Å². The molecule has 1 unspecified atom stereocenters. The van der Waals surface area contributed by atoms with Crippen molar-refractivity contribution in [3.05, 3.63) is 33.9 Å². The van der Waals surface area contributed by atoms with Crippen LogP contribution in [0.1, 0.15) is 16.8 Å². The lowest BCUT2D eigenvalue weighted by molar-refractivity contribution is -0.384. The summed E-state index contributed by atoms with van der Waals surface area (Å²) >= 11 is 0. The molecule has 6 heteroatoms. The van der Waals surface area contributed by atoms with E-state index < -0.39 is 4.92 Å². The number of hydrogen-bond donors (Lipinski definition) is 0. The molecular formula is C13H16N2O4. The third-order valence-electron chi connectivity index (χ3n) is 3.36. The van der Waals surface area contributed by atoms with E-state index in [1.807, 2.05) is 4.90 Å². The number of carbonyl (C=O) groups excluding carboxylic acids is 1. The molecule has 2 rings (SSSR count). The summed E-state index contributed by atoms with van der Waals surface area (Å²) < 4.78 is 5.12. The lowest BCUT2D eigenvalue weighted by Gasteiger charge is -2.18. The van der Waals surface area contributed by atoms with Crippen molar-refractivity contribution in [2.24, 2.45) is 5.92 Å². The zero-order valence-electron chi connectivity index (χ0n) is 10.7. The van der Waals surface area contributed by atoms with Gasteiger partial charge in [0, 0.05) is 37.7 Å². The predicted molar refractivity (Wildman–Crippen MR) is 70.7 cm³/mol. The summed E-state index contributed by atoms with van der Waals surface area (Å²) in [5, 5.41) is 11.1. The van der Waals surface area contributed by atoms with Crippen molar-refractivity contribution in [1.29, 1.82) is 0 Å². The summed E-state index contributed by atoms with van der Waals surface area (Å²) in [5.41, 5.74) is 0.889. The van der Waals surface area contributed by atoms with Gasteiger partial charge in [0.25, 0.3) is 5.69 Å². The average Bonchev–Trinajstić information content (AvgIpc) is 2.87. The van der Waals surface area contributed by atoms with Gasteiger partial charge in [0.1, 0.15) is 12.0 Å². The van der Waals surface area contributed by atoms with E-state index in [-0.39, 0.29) is 5.69 Å². The Morgan fingerprint density at radius 3 is 3.00 bits per heavy atom. The van der Waals surface area contributed by atoms with Crippen LogP contribution in [-0.4, -0.2) is 38.0 Å². The molecule has 1 heterocycles. The molecule has 102 valence electrons. The van der Waals surface area contributed by atoms with E-state index in [2.05, 4.69) is 0 Å². The van der Waals surface area contributed by atoms with Crippen LogP contribution in [0.25, 0.3) is 0 Å². The van der Waals surface area contributed by atoms with E-state index in [9.17, 15) is 14.9 Å². The number of aldehydes is 1. The van der Waals surface area contributed by atoms with Gasteiger partial charge in [0.15, 0.2) is 0 Å². The first-order valence-corrected chi connectivity index (χ1v) is 6.13. The first kappa shape index (κ1) is 13.5. The highest BCUT2D eigenvalue weighted by Crippen LogP contribution is 2.32. The highest BCUT2D eigenvalue weighted by Gasteiger charge is 2.27. The average molecular weight is 264 g/mol. The van der Waals surface area contributed by atoms with Crippen molar-refractivity contribution >= 4 is 17.7 Å². The monoisotopic (exact) mass is 264 g/mol. The minimum atomic E-state index is -0.439. The van der Waals surface area contributed by atoms with E-state index in [1.165, 1.54) is 6.07 Å². The molecule has 1 aliphatic rings. The summed E-state index contributed by atoms with van der Waals surface area (Å²) in [6, 6.07) is 4.59. The van der Waals surface area contributed by atoms with Crippen LogP contribution in [0.3, 0.4) is 0 Å². The van der Waals surface area contributed by atoms with Crippen molar-refractivity contribution < 1.29 is 14.5 Å². The minimum absolute atomic E-state index is 0.0114. The maximum atomic E-state index is 11.1. The minimum Gasteiger partial charge on any atom is -0.384 e. The summed E-state index contributed by atoms with van der Waals surface area (Å²) in [5.74, 6) is 0.398. The van der Waals surface area contributed by atoms with Crippen molar-refractivity contribution in [1.82, 2.24) is 0 Å². The highest BCUT2D eigenvalue weighted by molar-refractivity contribution is 5.79. The molecule has 0 aliphatic carbocycles. The fourth-order valence-electron chi connectivity index (χ4n) is 2.45. The smallest absolute Gasteiger partial charge is 0.293 e. The molecule has 0 spiro atoms. The summed E-state index contributed by atoms with van der Waals surface area (Å²) in [6.45, 7) is 2.18. The molecule has 6 nitrogen and oxygen atoms in total. The van der Waals surface area contributed by atoms with Gasteiger partial charge in [0.2, 0.25) is 0 Å². The van der Waals surface area contributed by atoms with Crippen LogP contribution in [0.2, 0.25) is 0 Å². The second-order valence-corrected chi connectivity index (χ2v) is 4.68. The topological polar surface area (TPSA) is 72.7 Å². The standard InChI is InChI=1S/C13H16N2O4/c1-19-9-11-4-5-14(7-11)12-3-2-10(8-16)6-13(12)15(17)18/h2-3,6,8,11H,4-5,7,9H2,1H3. The molecule has 1 aromatic rings. The number of methoxy groups -OCH3 is 1. The second kappa shape index (κ2) is 5.79. The lowest BCUT2D eigenvalue weighted by Crippen LogP contribution is -2.22. The highest BCUT2D eigenvalue weighted by atomic mass is 16.6. The Morgan fingerprint density at radius 2 is 2.37 bits per heavy atom. The maximum Gasteiger partial charge on any atom is 0.293 e. The Hall–Kier alpha value is -1.95. The van der Waals surface area contributed by atoms with E-state index in [4.69, 9.17) is 4.74 Å². The molecular weight excluding hydrogens is 248 g/mol. The molecule has 1 aromatic carbocycles. The predicted octanol–water partition coefficient (Wildman–Crippen LogP) is 1.88. The zero-order valence-corrected chi connectivity index (χ0v) is 10.7. The number of hydrogen-bond acceptors (Lipinski definition) is 5. The van der Waals surface area contributed by atoms with E-state index >= 15 is 0 Å². The fraction of sp³-hybridized carbons (Fsp3) is 0.462. The van der Waals surface area contributed by atoms with Gasteiger partial charge in [-0.2, -0.15) is 0 Å². The van der Waals surface area contributed by atoms with Gasteiger partial charge in [-0.15, -0.1) is 0 Å². The fourth-order valence-corrected chi connectivity index (χ4v) is 2.45. The number of rotatable bonds is 5. The van der Waals surface area contributed by atoms with Crippen LogP contribution in [-0.2, 0) is 4.74 Å². The first-order chi connectivity index (χ1) is 9.15. The van der Waals surface area contributed by atoms with Crippen LogP contribution in [0.15, 0.2) is 18.2 Å². The summed E-state index contributed by atoms with van der Waals surface area (Å²) in [7, 11) is 1.66. The SMILES string of the molecule is COCC1CCN(c2ccc(C=O)cc2[N+](=O)[O-])C1. The van der Waals surface area contributed by atoms with Crippen LogP contribution in [0, 0.1) is 16.0 Å². The van der Waals surface area contributed by atoms with Crippen molar-refractivity contribution in [3.8, 4) is 0 Å². The molecule has 0 amide bonds. The third kappa shape index (κ3) is 2.90. The zero-order chi connectivity index (χ0) is 13.8. The first-order valence-electron chi connectivity index (χ1n) is 6.13. The normalized spacial score (nSPS) is 18.6. The Kier molecular flexibility index (Phi) is 4.11. The summed E-state index contributed by atoms with van der Waals surface area (Å²) in [6.07, 6.45) is 1.58. The van der Waals surface area contributed by atoms with E-state index in [0.29, 0.717) is 30.1 Å². The number of nitro groups is 1. The van der Waals surface area contributed by atoms with Gasteiger partial charge < -0.3 is 9.64 Å². The molecule has 1 atom stereocenters. The molecule has 1 fully saturated rings. The van der Waals surface area contributed by atoms with E-state index in [0.717, 1.165) is 19.5 Å². The van der Waals surface area contributed by atoms with Crippen LogP contribution in [0.4, 0.5) is 11.4 Å². The van der Waals surface area contributed by atoms with Gasteiger partial charge in [-0.05, 0) is 18.6 Å². The van der Waals surface area contributed by atoms with Crippen molar-refractivity contribution in [2.75, 3.05) is 31.7 Å². The van der Waals surface area contributed by atoms with Gasteiger partial charge >= 0.3 is 0 Å². The summed E-state index contributed by atoms with van der Waals surface area (Å²) in [4.78, 5) is 23.3. The van der Waals surface area contributed by atoms with Crippen LogP contribution < -0.4 is 4.90 Å². The van der Waals surface area contributed by atoms with Gasteiger partial charge in [-0.25, -0.2) is 0 Å². The number of nitrogens with zero attached hydrogens (tertiary/aromatic N) is 2. The maximum absolute atomic E-state index is 11.1. The lowest BCUT2D eigenvalue weighted by atomic mass is 10.1. The molecule has 0 bridgehead atoms. The Morgan fingerprint density at radius 1 is 1.58 bits per heavy atom. The number of benzene rings is 1. The molecule has 19 heavy (non-hydrogen) atoms. The van der Waals surface area contributed by atoms with Crippen molar-refractivity contribution in [2.45, 2.75) is 6.42 Å². The quantitative estimate of drug-likeness (QED) is 0.461. The number of carbonyl (C=O) groups is 1. The second-order valence-electron chi connectivity index (χ2n) is 4.68. The Labute approximate surface area is 111 Å². The molecule has 1 aliphatic heterocycles. The molecule has 0 aromatic heterocycles. The van der Waals surface area contributed by atoms with Gasteiger partial charge in [0.05, 0.1) is 11.5 Å². The molecule has 1 saturated heterocycles. The largest absolute Gasteiger partial charge is 0.384 e. The Balaban J connectivity index is 2.25. The Bertz CT molecular complexity index is 490. The number of anilines is 1. The van der Waals surface area contributed by atoms with Gasteiger partial charge in [-0.1, -0.05) is 0 Å². The molecule has 0 radical (unpaired) electrons. The molecule has 0 N–H and O–H groups in total. The van der Waals surface area contributed by atoms with Crippen LogP contribution >= 0.6 is 0 Å². The number of ether oxygens (including phenoxy) is 1. The van der Waals surface area contributed by atoms with Gasteiger partial charge in [-0.3, -0.25) is 14.9 Å². The molecule has 0 saturated carbocycles. The number of nitro benzene ring substituents is 1. The van der Waals surface area contributed by atoms with Crippen molar-refractivity contribution in [3.63, 3.8) is 0 Å².